The van der Waals surface area contributed by atoms with Gasteiger partial charge in [0.1, 0.15) is 12.7 Å². The lowest BCUT2D eigenvalue weighted by molar-refractivity contribution is 0.879. The van der Waals surface area contributed by atoms with Crippen LogP contribution in [0.3, 0.4) is 0 Å². The Labute approximate surface area is 87.1 Å². The molecule has 0 aromatic carbocycles. The molecule has 0 N–H and O–H groups in total. The van der Waals surface area contributed by atoms with Crippen LogP contribution in [-0.4, -0.2) is 21.1 Å². The number of halogens is 1. The molecule has 6 heteroatoms. The van der Waals surface area contributed by atoms with Gasteiger partial charge in [-0.3, -0.25) is 0 Å². The molecule has 2 rings (SSSR count). The third-order valence-corrected chi connectivity index (χ3v) is 2.88. The highest BCUT2D eigenvalue weighted by Gasteiger charge is 1.92. The highest BCUT2D eigenvalue weighted by Crippen LogP contribution is 2.20. The minimum atomic E-state index is 1.08. The number of hydrogen-bond acceptors (Lipinski definition) is 4. The molecule has 0 unspecified atom stereocenters. The molecule has 0 atom stereocenters. The highest BCUT2D eigenvalue weighted by atomic mass is 79.9. The van der Waals surface area contributed by atoms with Crippen LogP contribution in [0.15, 0.2) is 33.7 Å². The van der Waals surface area contributed by atoms with Gasteiger partial charge in [-0.25, -0.2) is 4.68 Å². The Kier molecular flexibility index (Phi) is 2.51. The van der Waals surface area contributed by atoms with E-state index >= 15 is 0 Å². The van der Waals surface area contributed by atoms with Crippen LogP contribution in [0.5, 0.6) is 0 Å². The topological polar surface area (TPSA) is 43.1 Å². The van der Waals surface area contributed by atoms with E-state index in [0.717, 1.165) is 8.66 Å². The number of hydrogen-bond donors (Lipinski definition) is 0. The second-order valence-corrected chi connectivity index (χ2v) is 4.72. The second-order valence-electron chi connectivity index (χ2n) is 2.23. The molecule has 66 valence electrons. The summed E-state index contributed by atoms with van der Waals surface area (Å²) in [5, 5.41) is 11.4. The van der Waals surface area contributed by atoms with E-state index in [2.05, 4.69) is 31.2 Å². The third-order valence-electron chi connectivity index (χ3n) is 1.32. The second kappa shape index (κ2) is 3.80. The van der Waals surface area contributed by atoms with E-state index in [4.69, 9.17) is 0 Å². The van der Waals surface area contributed by atoms with E-state index in [9.17, 15) is 0 Å². The molecule has 4 nitrogen and oxygen atoms in total. The Morgan fingerprint density at radius 3 is 2.77 bits per heavy atom. The van der Waals surface area contributed by atoms with E-state index in [1.165, 1.54) is 0 Å². The van der Waals surface area contributed by atoms with Crippen molar-refractivity contribution in [2.45, 2.75) is 0 Å². The first-order chi connectivity index (χ1) is 6.34. The van der Waals surface area contributed by atoms with Gasteiger partial charge in [0.15, 0.2) is 0 Å². The van der Waals surface area contributed by atoms with Crippen molar-refractivity contribution >= 4 is 33.5 Å². The van der Waals surface area contributed by atoms with Gasteiger partial charge in [-0.05, 0) is 28.1 Å². The summed E-state index contributed by atoms with van der Waals surface area (Å²) < 4.78 is 2.64. The molecule has 0 spiro atoms. The summed E-state index contributed by atoms with van der Waals surface area (Å²) in [6, 6.07) is 3.97. The summed E-state index contributed by atoms with van der Waals surface area (Å²) in [5.74, 6) is 0. The van der Waals surface area contributed by atoms with Gasteiger partial charge in [0.05, 0.1) is 10.0 Å². The van der Waals surface area contributed by atoms with Crippen molar-refractivity contribution < 1.29 is 0 Å². The first-order valence-electron chi connectivity index (χ1n) is 3.49. The molecular formula is C7H5BrN4S. The Morgan fingerprint density at radius 1 is 1.38 bits per heavy atom. The summed E-state index contributed by atoms with van der Waals surface area (Å²) in [6.45, 7) is 0. The van der Waals surface area contributed by atoms with Gasteiger partial charge in [0, 0.05) is 4.88 Å². The van der Waals surface area contributed by atoms with Gasteiger partial charge in [0.2, 0.25) is 0 Å². The molecule has 2 heterocycles. The molecule has 0 aliphatic carbocycles. The highest BCUT2D eigenvalue weighted by molar-refractivity contribution is 9.11. The number of thiophene rings is 1. The third kappa shape index (κ3) is 2.22. The van der Waals surface area contributed by atoms with Crippen LogP contribution in [0.25, 0.3) is 0 Å². The Bertz CT molecular complexity index is 406. The first kappa shape index (κ1) is 8.58. The fourth-order valence-electron chi connectivity index (χ4n) is 0.776. The molecule has 2 aromatic rings. The van der Waals surface area contributed by atoms with Crippen LogP contribution in [-0.2, 0) is 0 Å². The average molecular weight is 257 g/mol. The van der Waals surface area contributed by atoms with Gasteiger partial charge in [0.25, 0.3) is 0 Å². The van der Waals surface area contributed by atoms with E-state index in [0.29, 0.717) is 0 Å². The Morgan fingerprint density at radius 2 is 2.15 bits per heavy atom. The molecular weight excluding hydrogens is 252 g/mol. The summed E-state index contributed by atoms with van der Waals surface area (Å²) in [5.41, 5.74) is 0. The molecule has 13 heavy (non-hydrogen) atoms. The molecule has 0 saturated heterocycles. The Hall–Kier alpha value is -1.01. The quantitative estimate of drug-likeness (QED) is 0.772. The maximum atomic E-state index is 4.11. The predicted octanol–water partition coefficient (Wildman–Crippen LogP) is 1.98. The van der Waals surface area contributed by atoms with Crippen molar-refractivity contribution in [1.82, 2.24) is 14.9 Å². The molecule has 0 radical (unpaired) electrons. The summed E-state index contributed by atoms with van der Waals surface area (Å²) >= 11 is 5.00. The molecule has 0 aliphatic rings. The molecule has 0 amide bonds. The number of nitrogens with zero attached hydrogens (tertiary/aromatic N) is 4. The fourth-order valence-corrected chi connectivity index (χ4v) is 2.07. The standard InChI is InChI=1S/C7H5BrN4S/c8-7-2-1-6(13-7)3-11-12-4-9-10-5-12/h1-5H/b11-3+. The van der Waals surface area contributed by atoms with Gasteiger partial charge >= 0.3 is 0 Å². The molecule has 0 saturated carbocycles. The normalized spacial score (nSPS) is 11.2. The summed E-state index contributed by atoms with van der Waals surface area (Å²) in [7, 11) is 0. The monoisotopic (exact) mass is 256 g/mol. The van der Waals surface area contributed by atoms with Crippen LogP contribution in [0.2, 0.25) is 0 Å². The van der Waals surface area contributed by atoms with Crippen LogP contribution in [0, 0.1) is 0 Å². The first-order valence-corrected chi connectivity index (χ1v) is 5.10. The maximum Gasteiger partial charge on any atom is 0.141 e. The van der Waals surface area contributed by atoms with Gasteiger partial charge in [-0.1, -0.05) is 0 Å². The van der Waals surface area contributed by atoms with Gasteiger partial charge < -0.3 is 0 Å². The maximum absolute atomic E-state index is 4.11. The summed E-state index contributed by atoms with van der Waals surface area (Å²) in [4.78, 5) is 1.08. The van der Waals surface area contributed by atoms with E-state index in [1.54, 1.807) is 34.9 Å². The summed E-state index contributed by atoms with van der Waals surface area (Å²) in [6.07, 6.45) is 4.84. The molecule has 0 fully saturated rings. The van der Waals surface area contributed by atoms with Crippen LogP contribution in [0.4, 0.5) is 0 Å². The Balaban J connectivity index is 2.14. The van der Waals surface area contributed by atoms with Crippen LogP contribution in [0.1, 0.15) is 4.88 Å². The zero-order valence-corrected chi connectivity index (χ0v) is 8.86. The van der Waals surface area contributed by atoms with Crippen molar-refractivity contribution in [3.05, 3.63) is 33.5 Å². The minimum Gasteiger partial charge on any atom is -0.208 e. The van der Waals surface area contributed by atoms with Crippen molar-refractivity contribution in [2.75, 3.05) is 0 Å². The largest absolute Gasteiger partial charge is 0.208 e. The molecule has 0 aliphatic heterocycles. The van der Waals surface area contributed by atoms with Crippen LogP contribution >= 0.6 is 27.3 Å². The van der Waals surface area contributed by atoms with Crippen molar-refractivity contribution in [3.63, 3.8) is 0 Å². The number of rotatable bonds is 2. The number of aromatic nitrogens is 3. The smallest absolute Gasteiger partial charge is 0.141 e. The van der Waals surface area contributed by atoms with Crippen molar-refractivity contribution in [1.29, 1.82) is 0 Å². The van der Waals surface area contributed by atoms with E-state index < -0.39 is 0 Å². The van der Waals surface area contributed by atoms with E-state index in [-0.39, 0.29) is 0 Å². The average Bonchev–Trinajstić information content (AvgIpc) is 2.71. The minimum absolute atomic E-state index is 1.08. The van der Waals surface area contributed by atoms with Gasteiger partial charge in [-0.15, -0.1) is 21.5 Å². The van der Waals surface area contributed by atoms with Crippen LogP contribution < -0.4 is 0 Å². The van der Waals surface area contributed by atoms with E-state index in [1.807, 2.05) is 12.1 Å². The van der Waals surface area contributed by atoms with Gasteiger partial charge in [-0.2, -0.15) is 5.10 Å². The van der Waals surface area contributed by atoms with Crippen molar-refractivity contribution in [3.8, 4) is 0 Å². The molecule has 0 bridgehead atoms. The lowest BCUT2D eigenvalue weighted by Crippen LogP contribution is -1.83. The lowest BCUT2D eigenvalue weighted by atomic mass is 10.5. The molecule has 2 aromatic heterocycles. The van der Waals surface area contributed by atoms with Crippen molar-refractivity contribution in [2.24, 2.45) is 5.10 Å². The zero-order chi connectivity index (χ0) is 9.10. The SMILES string of the molecule is Brc1ccc(/C=N/n2cnnc2)s1. The lowest BCUT2D eigenvalue weighted by Gasteiger charge is -1.85. The fraction of sp³-hybridized carbons (Fsp3) is 0. The zero-order valence-electron chi connectivity index (χ0n) is 6.46. The predicted molar refractivity (Wildman–Crippen MR) is 55.0 cm³/mol.